The number of nitriles is 1. The van der Waals surface area contributed by atoms with E-state index in [0.29, 0.717) is 17.0 Å². The molecule has 0 atom stereocenters. The summed E-state index contributed by atoms with van der Waals surface area (Å²) in [6.45, 7) is 0. The van der Waals surface area contributed by atoms with Crippen molar-refractivity contribution in [2.24, 2.45) is 10.8 Å². The number of hydrogen-bond donors (Lipinski definition) is 3. The highest BCUT2D eigenvalue weighted by atomic mass is 16.5. The number of carbonyl (C=O) groups is 1. The van der Waals surface area contributed by atoms with Crippen LogP contribution in [0.1, 0.15) is 5.56 Å². The Morgan fingerprint density at radius 3 is 2.76 bits per heavy atom. The third-order valence-corrected chi connectivity index (χ3v) is 2.54. The predicted octanol–water partition coefficient (Wildman–Crippen LogP) is 0.638. The second-order valence-corrected chi connectivity index (χ2v) is 3.84. The predicted molar refractivity (Wildman–Crippen MR) is 77.3 cm³/mol. The van der Waals surface area contributed by atoms with Crippen LogP contribution in [0.2, 0.25) is 0 Å². The molecular weight excluding hydrogens is 274 g/mol. The van der Waals surface area contributed by atoms with Crippen molar-refractivity contribution in [2.45, 2.75) is 6.42 Å². The maximum atomic E-state index is 11.4. The molecule has 1 aromatic rings. The number of rotatable bonds is 6. The molecular formula is C13H15N5O3. The molecule has 0 saturated carbocycles. The summed E-state index contributed by atoms with van der Waals surface area (Å²) in [6.07, 6.45) is 0.00745. The van der Waals surface area contributed by atoms with Gasteiger partial charge in [0.25, 0.3) is 0 Å². The van der Waals surface area contributed by atoms with Gasteiger partial charge < -0.3 is 15.2 Å². The second-order valence-electron chi connectivity index (χ2n) is 3.84. The number of anilines is 1. The molecule has 0 spiro atoms. The fraction of sp³-hybridized carbons (Fsp3) is 0.231. The van der Waals surface area contributed by atoms with Gasteiger partial charge in [-0.2, -0.15) is 10.4 Å². The van der Waals surface area contributed by atoms with E-state index in [0.717, 1.165) is 0 Å². The SMILES string of the molecule is COC(=O)Cc1cccc(OC)c1N/N=C(\C#N)C(=N)N. The quantitative estimate of drug-likeness (QED) is 0.304. The molecule has 0 heterocycles. The van der Waals surface area contributed by atoms with Gasteiger partial charge in [0.2, 0.25) is 5.71 Å². The van der Waals surface area contributed by atoms with E-state index in [1.165, 1.54) is 14.2 Å². The first-order valence-corrected chi connectivity index (χ1v) is 5.84. The zero-order chi connectivity index (χ0) is 15.8. The Morgan fingerprint density at radius 2 is 2.24 bits per heavy atom. The van der Waals surface area contributed by atoms with Crippen molar-refractivity contribution < 1.29 is 14.3 Å². The van der Waals surface area contributed by atoms with Crippen molar-refractivity contribution in [1.29, 1.82) is 10.7 Å². The van der Waals surface area contributed by atoms with E-state index < -0.39 is 11.8 Å². The maximum Gasteiger partial charge on any atom is 0.310 e. The number of carbonyl (C=O) groups excluding carboxylic acids is 1. The van der Waals surface area contributed by atoms with Crippen molar-refractivity contribution in [3.8, 4) is 11.8 Å². The van der Waals surface area contributed by atoms with Crippen LogP contribution in [-0.4, -0.2) is 31.7 Å². The average molecular weight is 289 g/mol. The molecule has 8 nitrogen and oxygen atoms in total. The minimum Gasteiger partial charge on any atom is -0.495 e. The smallest absolute Gasteiger partial charge is 0.310 e. The van der Waals surface area contributed by atoms with E-state index in [-0.39, 0.29) is 12.1 Å². The van der Waals surface area contributed by atoms with Crippen LogP contribution in [0.3, 0.4) is 0 Å². The number of esters is 1. The third kappa shape index (κ3) is 4.21. The summed E-state index contributed by atoms with van der Waals surface area (Å²) in [5.41, 5.74) is 8.52. The molecule has 0 saturated heterocycles. The van der Waals surface area contributed by atoms with Crippen molar-refractivity contribution in [1.82, 2.24) is 0 Å². The molecule has 8 heteroatoms. The van der Waals surface area contributed by atoms with Gasteiger partial charge in [0, 0.05) is 0 Å². The zero-order valence-corrected chi connectivity index (χ0v) is 11.6. The van der Waals surface area contributed by atoms with E-state index in [1.807, 2.05) is 0 Å². The molecule has 4 N–H and O–H groups in total. The summed E-state index contributed by atoms with van der Waals surface area (Å²) in [7, 11) is 2.75. The van der Waals surface area contributed by atoms with Crippen molar-refractivity contribution in [3.63, 3.8) is 0 Å². The number of nitrogens with zero attached hydrogens (tertiary/aromatic N) is 2. The Bertz CT molecular complexity index is 619. The number of nitrogens with two attached hydrogens (primary N) is 1. The molecule has 0 bridgehead atoms. The molecule has 0 aliphatic heterocycles. The van der Waals surface area contributed by atoms with Crippen LogP contribution in [0.15, 0.2) is 23.3 Å². The van der Waals surface area contributed by atoms with Crippen LogP contribution in [-0.2, 0) is 16.0 Å². The summed E-state index contributed by atoms with van der Waals surface area (Å²) in [4.78, 5) is 11.4. The number of benzene rings is 1. The van der Waals surface area contributed by atoms with Crippen molar-refractivity contribution in [2.75, 3.05) is 19.6 Å². The number of methoxy groups -OCH3 is 2. The highest BCUT2D eigenvalue weighted by molar-refractivity contribution is 6.45. The molecule has 0 unspecified atom stereocenters. The minimum atomic E-state index is -0.464. The summed E-state index contributed by atoms with van der Waals surface area (Å²) in [5, 5.41) is 19.7. The molecule has 21 heavy (non-hydrogen) atoms. The number of amidine groups is 1. The number of nitrogens with one attached hydrogen (secondary N) is 2. The van der Waals surface area contributed by atoms with E-state index >= 15 is 0 Å². The van der Waals surface area contributed by atoms with E-state index in [1.54, 1.807) is 24.3 Å². The monoisotopic (exact) mass is 289 g/mol. The van der Waals surface area contributed by atoms with Gasteiger partial charge in [0.05, 0.1) is 20.6 Å². The number of para-hydroxylation sites is 1. The fourth-order valence-electron chi connectivity index (χ4n) is 1.51. The van der Waals surface area contributed by atoms with Crippen LogP contribution >= 0.6 is 0 Å². The maximum absolute atomic E-state index is 11.4. The molecule has 1 aromatic carbocycles. The van der Waals surface area contributed by atoms with Crippen molar-refractivity contribution in [3.05, 3.63) is 23.8 Å². The van der Waals surface area contributed by atoms with Gasteiger partial charge in [-0.3, -0.25) is 15.6 Å². The van der Waals surface area contributed by atoms with Crippen LogP contribution in [0.5, 0.6) is 5.75 Å². The summed E-state index contributed by atoms with van der Waals surface area (Å²) >= 11 is 0. The normalized spacial score (nSPS) is 10.4. The Hall–Kier alpha value is -3.08. The summed E-state index contributed by atoms with van der Waals surface area (Å²) < 4.78 is 9.79. The first-order chi connectivity index (χ1) is 10.0. The number of hydrogen-bond acceptors (Lipinski definition) is 7. The van der Waals surface area contributed by atoms with Gasteiger partial charge in [0.15, 0.2) is 5.84 Å². The second kappa shape index (κ2) is 7.49. The van der Waals surface area contributed by atoms with Gasteiger partial charge in [0.1, 0.15) is 17.5 Å². The molecule has 0 aromatic heterocycles. The molecule has 0 aliphatic carbocycles. The number of ether oxygens (including phenoxy) is 2. The lowest BCUT2D eigenvalue weighted by atomic mass is 10.1. The summed E-state index contributed by atoms with van der Waals surface area (Å²) in [5.74, 6) is -0.460. The van der Waals surface area contributed by atoms with Gasteiger partial charge >= 0.3 is 5.97 Å². The molecule has 0 radical (unpaired) electrons. The lowest BCUT2D eigenvalue weighted by Gasteiger charge is -2.12. The Kier molecular flexibility index (Phi) is 5.70. The number of hydrazone groups is 1. The van der Waals surface area contributed by atoms with Gasteiger partial charge in [-0.25, -0.2) is 0 Å². The Labute approximate surface area is 121 Å². The van der Waals surface area contributed by atoms with Gasteiger partial charge in [-0.15, -0.1) is 0 Å². The molecule has 1 rings (SSSR count). The lowest BCUT2D eigenvalue weighted by molar-refractivity contribution is -0.139. The van der Waals surface area contributed by atoms with Crippen molar-refractivity contribution >= 4 is 23.2 Å². The standard InChI is InChI=1S/C13H15N5O3/c1-20-10-5-3-4-8(6-11(19)21-2)12(10)18-17-9(7-14)13(15)16/h3-5,18H,6H2,1-2H3,(H3,15,16)/b17-9+. The topological polar surface area (TPSA) is 134 Å². The fourth-order valence-corrected chi connectivity index (χ4v) is 1.51. The molecule has 110 valence electrons. The first kappa shape index (κ1) is 16.0. The van der Waals surface area contributed by atoms with Crippen LogP contribution < -0.4 is 15.9 Å². The van der Waals surface area contributed by atoms with Crippen LogP contribution in [0.25, 0.3) is 0 Å². The van der Waals surface area contributed by atoms with E-state index in [9.17, 15) is 4.79 Å². The van der Waals surface area contributed by atoms with Gasteiger partial charge in [-0.1, -0.05) is 12.1 Å². The lowest BCUT2D eigenvalue weighted by Crippen LogP contribution is -2.22. The zero-order valence-electron chi connectivity index (χ0n) is 11.6. The van der Waals surface area contributed by atoms with Gasteiger partial charge in [-0.05, 0) is 11.6 Å². The van der Waals surface area contributed by atoms with E-state index in [2.05, 4.69) is 15.3 Å². The minimum absolute atomic E-state index is 0.00745. The van der Waals surface area contributed by atoms with Crippen LogP contribution in [0.4, 0.5) is 5.69 Å². The first-order valence-electron chi connectivity index (χ1n) is 5.84. The average Bonchev–Trinajstić information content (AvgIpc) is 2.48. The Balaban J connectivity index is 3.16. The van der Waals surface area contributed by atoms with E-state index in [4.69, 9.17) is 21.1 Å². The molecule has 0 aliphatic rings. The highest BCUT2D eigenvalue weighted by Crippen LogP contribution is 2.29. The molecule has 0 amide bonds. The third-order valence-electron chi connectivity index (χ3n) is 2.54. The van der Waals surface area contributed by atoms with Crippen LogP contribution in [0, 0.1) is 16.7 Å². The molecule has 0 fully saturated rings. The summed E-state index contributed by atoms with van der Waals surface area (Å²) in [6, 6.07) is 6.75. The Morgan fingerprint density at radius 1 is 1.52 bits per heavy atom. The highest BCUT2D eigenvalue weighted by Gasteiger charge is 2.13. The largest absolute Gasteiger partial charge is 0.495 e.